The van der Waals surface area contributed by atoms with Gasteiger partial charge < -0.3 is 10.4 Å². The van der Waals surface area contributed by atoms with Crippen molar-refractivity contribution in [2.24, 2.45) is 0 Å². The van der Waals surface area contributed by atoms with E-state index in [-0.39, 0.29) is 18.7 Å². The molecule has 5 nitrogen and oxygen atoms in total. The number of aliphatic carboxylic acids is 1. The minimum Gasteiger partial charge on any atom is -0.480 e. The molecule has 1 saturated heterocycles. The summed E-state index contributed by atoms with van der Waals surface area (Å²) in [5.41, 5.74) is -0.199. The second-order valence-electron chi connectivity index (χ2n) is 4.63. The molecule has 0 saturated carbocycles. The zero-order chi connectivity index (χ0) is 14.8. The number of hydrogen-bond acceptors (Lipinski definition) is 3. The summed E-state index contributed by atoms with van der Waals surface area (Å²) in [6.07, 6.45) is 0. The molecule has 2 rings (SSSR count). The van der Waals surface area contributed by atoms with Crippen LogP contribution >= 0.6 is 0 Å². The Morgan fingerprint density at radius 2 is 2.05 bits per heavy atom. The van der Waals surface area contributed by atoms with Gasteiger partial charge in [0, 0.05) is 12.1 Å². The highest BCUT2D eigenvalue weighted by Gasteiger charge is 2.40. The van der Waals surface area contributed by atoms with Crippen molar-refractivity contribution in [2.75, 3.05) is 19.6 Å². The van der Waals surface area contributed by atoms with Crippen LogP contribution in [-0.4, -0.2) is 47.6 Å². The summed E-state index contributed by atoms with van der Waals surface area (Å²) < 4.78 is 28.3. The molecule has 0 spiro atoms. The molecular weight excluding hydrogens is 270 g/mol. The van der Waals surface area contributed by atoms with Crippen LogP contribution < -0.4 is 5.32 Å². The normalized spacial score (nSPS) is 20.5. The summed E-state index contributed by atoms with van der Waals surface area (Å²) in [7, 11) is 0. The Hall–Kier alpha value is -2.02. The smallest absolute Gasteiger partial charge is 0.322 e. The first kappa shape index (κ1) is 14.4. The Morgan fingerprint density at radius 3 is 2.65 bits per heavy atom. The standard InChI is InChI=1S/C13H14F2N2O3/c14-13(15,9-4-2-1-3-5-9)8-17-7-11(18)16-6-10(17)12(19)20/h1-5,10H,6-8H2,(H,16,18)(H,19,20). The molecule has 1 aliphatic heterocycles. The molecule has 0 radical (unpaired) electrons. The van der Waals surface area contributed by atoms with E-state index in [1.54, 1.807) is 6.07 Å². The number of piperazine rings is 1. The highest BCUT2D eigenvalue weighted by molar-refractivity contribution is 5.83. The lowest BCUT2D eigenvalue weighted by Crippen LogP contribution is -2.59. The zero-order valence-electron chi connectivity index (χ0n) is 10.6. The van der Waals surface area contributed by atoms with E-state index in [1.807, 2.05) is 0 Å². The lowest BCUT2D eigenvalue weighted by Gasteiger charge is -2.34. The molecule has 1 fully saturated rings. The van der Waals surface area contributed by atoms with Crippen LogP contribution in [-0.2, 0) is 15.5 Å². The van der Waals surface area contributed by atoms with E-state index in [0.29, 0.717) is 0 Å². The van der Waals surface area contributed by atoms with Crippen LogP contribution in [0.15, 0.2) is 30.3 Å². The lowest BCUT2D eigenvalue weighted by molar-refractivity contribution is -0.149. The van der Waals surface area contributed by atoms with Crippen molar-refractivity contribution in [3.63, 3.8) is 0 Å². The summed E-state index contributed by atoms with van der Waals surface area (Å²) in [5, 5.41) is 11.4. The van der Waals surface area contributed by atoms with Crippen LogP contribution in [0.3, 0.4) is 0 Å². The van der Waals surface area contributed by atoms with Crippen LogP contribution in [0.25, 0.3) is 0 Å². The third-order valence-corrected chi connectivity index (χ3v) is 3.16. The van der Waals surface area contributed by atoms with E-state index in [0.717, 1.165) is 4.90 Å². The molecule has 1 atom stereocenters. The maximum absolute atomic E-state index is 14.1. The highest BCUT2D eigenvalue weighted by atomic mass is 19.3. The number of carboxylic acids is 1. The van der Waals surface area contributed by atoms with Crippen LogP contribution in [0.5, 0.6) is 0 Å². The number of carbonyl (C=O) groups excluding carboxylic acids is 1. The van der Waals surface area contributed by atoms with Crippen molar-refractivity contribution in [3.8, 4) is 0 Å². The summed E-state index contributed by atoms with van der Waals surface area (Å²) in [6.45, 7) is -1.32. The number of carboxylic acid groups (broad SMARTS) is 1. The van der Waals surface area contributed by atoms with Gasteiger partial charge in [0.25, 0.3) is 5.92 Å². The molecule has 0 aliphatic carbocycles. The molecule has 0 bridgehead atoms. The van der Waals surface area contributed by atoms with Crippen LogP contribution in [0, 0.1) is 0 Å². The first-order chi connectivity index (χ1) is 9.40. The van der Waals surface area contributed by atoms with Crippen molar-refractivity contribution in [1.82, 2.24) is 10.2 Å². The average Bonchev–Trinajstić information content (AvgIpc) is 2.39. The number of benzene rings is 1. The first-order valence-corrected chi connectivity index (χ1v) is 6.07. The quantitative estimate of drug-likeness (QED) is 0.852. The monoisotopic (exact) mass is 284 g/mol. The number of amides is 1. The van der Waals surface area contributed by atoms with E-state index in [4.69, 9.17) is 5.11 Å². The molecule has 1 amide bonds. The van der Waals surface area contributed by atoms with E-state index < -0.39 is 30.4 Å². The van der Waals surface area contributed by atoms with Crippen molar-refractivity contribution in [1.29, 1.82) is 0 Å². The van der Waals surface area contributed by atoms with Crippen LogP contribution in [0.1, 0.15) is 5.56 Å². The lowest BCUT2D eigenvalue weighted by atomic mass is 10.1. The fourth-order valence-electron chi connectivity index (χ4n) is 2.13. The van der Waals surface area contributed by atoms with E-state index >= 15 is 0 Å². The van der Waals surface area contributed by atoms with Gasteiger partial charge in [0.2, 0.25) is 5.91 Å². The van der Waals surface area contributed by atoms with E-state index in [2.05, 4.69) is 5.32 Å². The van der Waals surface area contributed by atoms with Gasteiger partial charge in [-0.25, -0.2) is 0 Å². The number of halogens is 2. The van der Waals surface area contributed by atoms with Gasteiger partial charge in [-0.1, -0.05) is 30.3 Å². The third-order valence-electron chi connectivity index (χ3n) is 3.16. The fourth-order valence-corrected chi connectivity index (χ4v) is 2.13. The van der Waals surface area contributed by atoms with Crippen LogP contribution in [0.4, 0.5) is 8.78 Å². The van der Waals surface area contributed by atoms with Gasteiger partial charge >= 0.3 is 5.97 Å². The molecule has 1 heterocycles. The molecule has 1 aromatic carbocycles. The molecule has 2 N–H and O–H groups in total. The van der Waals surface area contributed by atoms with Gasteiger partial charge in [0.15, 0.2) is 0 Å². The van der Waals surface area contributed by atoms with Gasteiger partial charge in [-0.05, 0) is 0 Å². The highest BCUT2D eigenvalue weighted by Crippen LogP contribution is 2.29. The van der Waals surface area contributed by atoms with Crippen molar-refractivity contribution in [3.05, 3.63) is 35.9 Å². The number of rotatable bonds is 4. The summed E-state index contributed by atoms with van der Waals surface area (Å²) >= 11 is 0. The van der Waals surface area contributed by atoms with Gasteiger partial charge in [0.05, 0.1) is 13.1 Å². The van der Waals surface area contributed by atoms with E-state index in [9.17, 15) is 18.4 Å². The van der Waals surface area contributed by atoms with Gasteiger partial charge in [-0.2, -0.15) is 8.78 Å². The average molecular weight is 284 g/mol. The molecular formula is C13H14F2N2O3. The SMILES string of the molecule is O=C1CN(CC(F)(F)c2ccccc2)C(C(=O)O)CN1. The third kappa shape index (κ3) is 3.11. The van der Waals surface area contributed by atoms with Crippen molar-refractivity contribution >= 4 is 11.9 Å². The Labute approximate surface area is 114 Å². The number of nitrogens with zero attached hydrogens (tertiary/aromatic N) is 1. The Morgan fingerprint density at radius 1 is 1.40 bits per heavy atom. The minimum atomic E-state index is -3.22. The predicted octanol–water partition coefficient (Wildman–Crippen LogP) is 0.663. The summed E-state index contributed by atoms with van der Waals surface area (Å²) in [5.74, 6) is -4.90. The Kier molecular flexibility index (Phi) is 3.99. The van der Waals surface area contributed by atoms with Gasteiger partial charge in [-0.3, -0.25) is 14.5 Å². The topological polar surface area (TPSA) is 69.6 Å². The number of nitrogens with one attached hydrogen (secondary N) is 1. The predicted molar refractivity (Wildman–Crippen MR) is 66.3 cm³/mol. The molecule has 108 valence electrons. The maximum atomic E-state index is 14.1. The fraction of sp³-hybridized carbons (Fsp3) is 0.385. The molecule has 1 aromatic rings. The molecule has 1 unspecified atom stereocenters. The van der Waals surface area contributed by atoms with Crippen LogP contribution in [0.2, 0.25) is 0 Å². The van der Waals surface area contributed by atoms with Gasteiger partial charge in [0.1, 0.15) is 6.04 Å². The second-order valence-corrected chi connectivity index (χ2v) is 4.63. The molecule has 0 aromatic heterocycles. The number of hydrogen-bond donors (Lipinski definition) is 2. The molecule has 7 heteroatoms. The Bertz CT molecular complexity index is 508. The number of alkyl halides is 2. The van der Waals surface area contributed by atoms with Gasteiger partial charge in [-0.15, -0.1) is 0 Å². The molecule has 20 heavy (non-hydrogen) atoms. The second kappa shape index (κ2) is 5.54. The summed E-state index contributed by atoms with van der Waals surface area (Å²) in [6, 6.07) is 6.01. The first-order valence-electron chi connectivity index (χ1n) is 6.07. The molecule has 1 aliphatic rings. The van der Waals surface area contributed by atoms with E-state index in [1.165, 1.54) is 24.3 Å². The Balaban J connectivity index is 2.17. The largest absolute Gasteiger partial charge is 0.480 e. The zero-order valence-corrected chi connectivity index (χ0v) is 10.6. The van der Waals surface area contributed by atoms with Crippen molar-refractivity contribution in [2.45, 2.75) is 12.0 Å². The minimum absolute atomic E-state index is 0.168. The van der Waals surface area contributed by atoms with Crippen molar-refractivity contribution < 1.29 is 23.5 Å². The maximum Gasteiger partial charge on any atom is 0.322 e. The summed E-state index contributed by atoms with van der Waals surface area (Å²) in [4.78, 5) is 23.3. The number of carbonyl (C=O) groups is 2.